The van der Waals surface area contributed by atoms with Gasteiger partial charge in [0.25, 0.3) is 0 Å². The van der Waals surface area contributed by atoms with Gasteiger partial charge in [0.1, 0.15) is 6.10 Å². The van der Waals surface area contributed by atoms with Gasteiger partial charge in [-0.05, 0) is 55.4 Å². The summed E-state index contributed by atoms with van der Waals surface area (Å²) in [5, 5.41) is 0. The molecule has 2 aliphatic heterocycles. The molecule has 0 bridgehead atoms. The average Bonchev–Trinajstić information content (AvgIpc) is 3.32. The number of anilines is 1. The van der Waals surface area contributed by atoms with Crippen molar-refractivity contribution in [1.29, 1.82) is 0 Å². The van der Waals surface area contributed by atoms with E-state index >= 15 is 0 Å². The number of hydrogen-bond acceptors (Lipinski definition) is 4. The Bertz CT molecular complexity index is 1230. The Labute approximate surface area is 193 Å². The molecule has 1 atom stereocenters. The Morgan fingerprint density at radius 3 is 2.61 bits per heavy atom. The Kier molecular flexibility index (Phi) is 5.65. The number of cyclic esters (lactones) is 1. The molecule has 5 rings (SSSR count). The number of nitrogens with one attached hydrogen (secondary N) is 1. The van der Waals surface area contributed by atoms with E-state index in [4.69, 9.17) is 17.0 Å². The molecule has 2 aromatic carbocycles. The number of likely N-dealkylation sites (tertiary alicyclic amines) is 1. The van der Waals surface area contributed by atoms with Crippen molar-refractivity contribution in [3.8, 4) is 0 Å². The number of amides is 1. The third-order valence-electron chi connectivity index (χ3n) is 6.37. The molecule has 0 spiro atoms. The number of para-hydroxylation sites is 2. The summed E-state index contributed by atoms with van der Waals surface area (Å²) in [6.07, 6.45) is -3.64. The van der Waals surface area contributed by atoms with Crippen LogP contribution < -0.4 is 4.90 Å². The molecule has 3 aromatic rings. The van der Waals surface area contributed by atoms with Gasteiger partial charge >= 0.3 is 12.3 Å². The quantitative estimate of drug-likeness (QED) is 0.514. The second-order valence-corrected chi connectivity index (χ2v) is 8.90. The number of carbonyl (C=O) groups is 1. The number of fused-ring (bicyclic) bond motifs is 1. The largest absolute Gasteiger partial charge is 0.443 e. The van der Waals surface area contributed by atoms with Crippen molar-refractivity contribution in [3.63, 3.8) is 0 Å². The zero-order valence-electron chi connectivity index (χ0n) is 17.7. The van der Waals surface area contributed by atoms with Crippen LogP contribution in [0.15, 0.2) is 48.5 Å². The van der Waals surface area contributed by atoms with Crippen molar-refractivity contribution in [3.05, 3.63) is 58.9 Å². The van der Waals surface area contributed by atoms with Gasteiger partial charge in [-0.1, -0.05) is 18.2 Å². The highest BCUT2D eigenvalue weighted by molar-refractivity contribution is 7.71. The van der Waals surface area contributed by atoms with Gasteiger partial charge in [0.05, 0.1) is 23.1 Å². The van der Waals surface area contributed by atoms with E-state index in [-0.39, 0.29) is 24.4 Å². The minimum absolute atomic E-state index is 0.199. The zero-order chi connectivity index (χ0) is 23.2. The van der Waals surface area contributed by atoms with Crippen molar-refractivity contribution in [2.24, 2.45) is 0 Å². The van der Waals surface area contributed by atoms with Crippen molar-refractivity contribution in [2.75, 3.05) is 31.1 Å². The van der Waals surface area contributed by atoms with Crippen LogP contribution in [0, 0.1) is 4.77 Å². The molecule has 0 radical (unpaired) electrons. The maximum atomic E-state index is 13.0. The van der Waals surface area contributed by atoms with Crippen LogP contribution in [0.2, 0.25) is 0 Å². The van der Waals surface area contributed by atoms with E-state index < -0.39 is 17.8 Å². The molecular formula is C23H23F3N4O2S. The first kappa shape index (κ1) is 22.0. The Morgan fingerprint density at radius 1 is 1.09 bits per heavy atom. The van der Waals surface area contributed by atoms with Gasteiger partial charge in [0.2, 0.25) is 0 Å². The van der Waals surface area contributed by atoms with Gasteiger partial charge in [0, 0.05) is 31.4 Å². The third-order valence-corrected chi connectivity index (χ3v) is 6.67. The van der Waals surface area contributed by atoms with Crippen LogP contribution >= 0.6 is 12.2 Å². The highest BCUT2D eigenvalue weighted by Gasteiger charge is 2.36. The summed E-state index contributed by atoms with van der Waals surface area (Å²) in [5.41, 5.74) is 1.54. The topological polar surface area (TPSA) is 53.5 Å². The molecule has 2 aliphatic rings. The van der Waals surface area contributed by atoms with Crippen LogP contribution in [0.5, 0.6) is 0 Å². The summed E-state index contributed by atoms with van der Waals surface area (Å²) in [7, 11) is 0. The Hall–Kier alpha value is -2.85. The zero-order valence-corrected chi connectivity index (χ0v) is 18.5. The standard InChI is InChI=1S/C23H23F3N4O2S/c24-23(25,26)15-4-3-5-17(12-15)29-14-18(32-22(29)31)13-28-10-8-16(9-11-28)30-20-7-2-1-6-19(20)27-21(30)33/h1-7,12,16,18H,8-11,13-14H2,(H,27,33). The van der Waals surface area contributed by atoms with Gasteiger partial charge < -0.3 is 14.3 Å². The van der Waals surface area contributed by atoms with Crippen LogP contribution in [0.4, 0.5) is 23.7 Å². The SMILES string of the molecule is O=C1OC(CN2CCC(n3c(=S)[nH]c4ccccc43)CC2)CN1c1cccc(C(F)(F)F)c1. The first-order chi connectivity index (χ1) is 15.8. The molecule has 3 heterocycles. The lowest BCUT2D eigenvalue weighted by atomic mass is 10.0. The lowest BCUT2D eigenvalue weighted by molar-refractivity contribution is -0.137. The van der Waals surface area contributed by atoms with E-state index in [1.807, 2.05) is 18.2 Å². The number of hydrogen-bond donors (Lipinski definition) is 1. The van der Waals surface area contributed by atoms with E-state index in [0.717, 1.165) is 53.9 Å². The molecule has 174 valence electrons. The predicted octanol–water partition coefficient (Wildman–Crippen LogP) is 5.38. The van der Waals surface area contributed by atoms with Crippen LogP contribution in [0.25, 0.3) is 11.0 Å². The van der Waals surface area contributed by atoms with Gasteiger partial charge in [-0.25, -0.2) is 4.79 Å². The van der Waals surface area contributed by atoms with Crippen LogP contribution in [-0.2, 0) is 10.9 Å². The van der Waals surface area contributed by atoms with Crippen molar-refractivity contribution in [2.45, 2.75) is 31.2 Å². The monoisotopic (exact) mass is 476 g/mol. The molecule has 1 amide bonds. The number of piperidine rings is 1. The second kappa shape index (κ2) is 8.49. The summed E-state index contributed by atoms with van der Waals surface area (Å²) in [6, 6.07) is 13.1. The number of nitrogens with zero attached hydrogens (tertiary/aromatic N) is 3. The highest BCUT2D eigenvalue weighted by atomic mass is 32.1. The summed E-state index contributed by atoms with van der Waals surface area (Å²) in [6.45, 7) is 2.42. The molecule has 6 nitrogen and oxygen atoms in total. The maximum Gasteiger partial charge on any atom is 0.416 e. The predicted molar refractivity (Wildman–Crippen MR) is 121 cm³/mol. The first-order valence-electron chi connectivity index (χ1n) is 10.9. The van der Waals surface area contributed by atoms with Gasteiger partial charge in [0.15, 0.2) is 4.77 Å². The highest BCUT2D eigenvalue weighted by Crippen LogP contribution is 2.33. The molecule has 0 aliphatic carbocycles. The Balaban J connectivity index is 1.21. The fraction of sp³-hybridized carbons (Fsp3) is 0.391. The van der Waals surface area contributed by atoms with Crippen molar-refractivity contribution >= 4 is 35.0 Å². The Morgan fingerprint density at radius 2 is 1.85 bits per heavy atom. The number of imidazole rings is 1. The van der Waals surface area contributed by atoms with Crippen LogP contribution in [0.3, 0.4) is 0 Å². The lowest BCUT2D eigenvalue weighted by Crippen LogP contribution is -2.40. The molecule has 33 heavy (non-hydrogen) atoms. The molecule has 0 saturated carbocycles. The van der Waals surface area contributed by atoms with E-state index in [0.29, 0.717) is 6.54 Å². The number of halogens is 3. The smallest absolute Gasteiger partial charge is 0.416 e. The minimum atomic E-state index is -4.46. The van der Waals surface area contributed by atoms with Gasteiger partial charge in [-0.2, -0.15) is 13.2 Å². The first-order valence-corrected chi connectivity index (χ1v) is 11.3. The number of rotatable bonds is 4. The summed E-state index contributed by atoms with van der Waals surface area (Å²) >= 11 is 5.54. The second-order valence-electron chi connectivity index (χ2n) is 8.51. The fourth-order valence-corrected chi connectivity index (χ4v) is 5.12. The summed E-state index contributed by atoms with van der Waals surface area (Å²) < 4.78 is 47.5. The minimum Gasteiger partial charge on any atom is -0.443 e. The molecule has 10 heteroatoms. The number of carbonyl (C=O) groups excluding carboxylic acids is 1. The number of benzene rings is 2. The molecule has 2 fully saturated rings. The van der Waals surface area contributed by atoms with Crippen LogP contribution in [0.1, 0.15) is 24.4 Å². The number of ether oxygens (including phenoxy) is 1. The molecule has 2 saturated heterocycles. The number of aromatic nitrogens is 2. The molecule has 1 N–H and O–H groups in total. The lowest BCUT2D eigenvalue weighted by Gasteiger charge is -2.33. The van der Waals surface area contributed by atoms with E-state index in [1.54, 1.807) is 0 Å². The van der Waals surface area contributed by atoms with Gasteiger partial charge in [-0.3, -0.25) is 9.80 Å². The normalized spacial score (nSPS) is 20.5. The van der Waals surface area contributed by atoms with Crippen LogP contribution in [-0.4, -0.2) is 52.8 Å². The number of aromatic amines is 1. The average molecular weight is 477 g/mol. The van der Waals surface area contributed by atoms with E-state index in [9.17, 15) is 18.0 Å². The number of alkyl halides is 3. The summed E-state index contributed by atoms with van der Waals surface area (Å²) in [5.74, 6) is 0. The van der Waals surface area contributed by atoms with Gasteiger partial charge in [-0.15, -0.1) is 0 Å². The molecular weight excluding hydrogens is 453 g/mol. The molecule has 1 unspecified atom stereocenters. The van der Waals surface area contributed by atoms with E-state index in [1.165, 1.54) is 17.0 Å². The fourth-order valence-electron chi connectivity index (χ4n) is 4.76. The summed E-state index contributed by atoms with van der Waals surface area (Å²) in [4.78, 5) is 19.1. The van der Waals surface area contributed by atoms with Crippen molar-refractivity contribution in [1.82, 2.24) is 14.5 Å². The molecule has 1 aromatic heterocycles. The number of H-pyrrole nitrogens is 1. The maximum absolute atomic E-state index is 13.0. The van der Waals surface area contributed by atoms with E-state index in [2.05, 4.69) is 20.5 Å². The third kappa shape index (κ3) is 4.37. The van der Waals surface area contributed by atoms with Crippen molar-refractivity contribution < 1.29 is 22.7 Å².